The number of benzene rings is 1. The highest BCUT2D eigenvalue weighted by Gasteiger charge is 2.20. The van der Waals surface area contributed by atoms with Gasteiger partial charge in [0, 0.05) is 6.26 Å². The van der Waals surface area contributed by atoms with Gasteiger partial charge in [-0.2, -0.15) is 0 Å². The number of esters is 1. The monoisotopic (exact) mass is 277 g/mol. The maximum Gasteiger partial charge on any atom is 0.340 e. The SMILES string of the molecule is COC(=O)c1c(CS(C)(=O)=O)ccc(Cl)c1N. The Morgan fingerprint density at radius 3 is 2.53 bits per heavy atom. The number of ether oxygens (including phenoxy) is 1. The maximum absolute atomic E-state index is 11.5. The fourth-order valence-corrected chi connectivity index (χ4v) is 2.35. The number of halogens is 1. The van der Waals surface area contributed by atoms with Crippen LogP contribution in [0.3, 0.4) is 0 Å². The van der Waals surface area contributed by atoms with Crippen LogP contribution < -0.4 is 5.73 Å². The van der Waals surface area contributed by atoms with Crippen molar-refractivity contribution < 1.29 is 17.9 Å². The largest absolute Gasteiger partial charge is 0.465 e. The minimum atomic E-state index is -3.28. The molecule has 1 rings (SSSR count). The maximum atomic E-state index is 11.5. The zero-order valence-electron chi connectivity index (χ0n) is 9.36. The molecule has 1 aromatic rings. The summed E-state index contributed by atoms with van der Waals surface area (Å²) in [5.41, 5.74) is 5.96. The molecule has 0 aliphatic carbocycles. The zero-order chi connectivity index (χ0) is 13.2. The summed E-state index contributed by atoms with van der Waals surface area (Å²) in [6.45, 7) is 0. The number of anilines is 1. The van der Waals surface area contributed by atoms with Gasteiger partial charge in [-0.05, 0) is 11.6 Å². The van der Waals surface area contributed by atoms with E-state index < -0.39 is 15.8 Å². The van der Waals surface area contributed by atoms with Crippen molar-refractivity contribution in [3.05, 3.63) is 28.3 Å². The summed E-state index contributed by atoms with van der Waals surface area (Å²) in [5, 5.41) is 0.183. The van der Waals surface area contributed by atoms with E-state index in [0.29, 0.717) is 0 Å². The molecule has 0 fully saturated rings. The molecule has 0 amide bonds. The molecule has 0 bridgehead atoms. The van der Waals surface area contributed by atoms with Crippen LogP contribution in [0.25, 0.3) is 0 Å². The number of carbonyl (C=O) groups excluding carboxylic acids is 1. The molecule has 0 aliphatic rings. The van der Waals surface area contributed by atoms with Crippen molar-refractivity contribution >= 4 is 33.1 Å². The minimum Gasteiger partial charge on any atom is -0.465 e. The predicted octanol–water partition coefficient (Wildman–Crippen LogP) is 1.25. The van der Waals surface area contributed by atoms with Gasteiger partial charge in [0.1, 0.15) is 0 Å². The highest BCUT2D eigenvalue weighted by Crippen LogP contribution is 2.27. The van der Waals surface area contributed by atoms with Gasteiger partial charge in [0.05, 0.1) is 29.1 Å². The third kappa shape index (κ3) is 3.34. The second-order valence-corrected chi connectivity index (χ2v) is 6.10. The standard InChI is InChI=1S/C10H12ClNO4S/c1-16-10(13)8-6(5-17(2,14)15)3-4-7(11)9(8)12/h3-4H,5,12H2,1-2H3. The van der Waals surface area contributed by atoms with Gasteiger partial charge in [0.25, 0.3) is 0 Å². The van der Waals surface area contributed by atoms with E-state index in [0.717, 1.165) is 6.26 Å². The number of methoxy groups -OCH3 is 1. The van der Waals surface area contributed by atoms with Crippen LogP contribution in [0.15, 0.2) is 12.1 Å². The minimum absolute atomic E-state index is 0.00502. The van der Waals surface area contributed by atoms with Crippen LogP contribution in [0, 0.1) is 0 Å². The molecule has 0 heterocycles. The van der Waals surface area contributed by atoms with Crippen LogP contribution in [-0.4, -0.2) is 27.8 Å². The Kier molecular flexibility index (Phi) is 4.00. The smallest absolute Gasteiger partial charge is 0.340 e. The van der Waals surface area contributed by atoms with E-state index in [1.165, 1.54) is 19.2 Å². The highest BCUT2D eigenvalue weighted by atomic mass is 35.5. The molecule has 0 atom stereocenters. The molecular formula is C10H12ClNO4S. The van der Waals surface area contributed by atoms with Gasteiger partial charge in [-0.15, -0.1) is 0 Å². The summed E-state index contributed by atoms with van der Waals surface area (Å²) < 4.78 is 27.0. The van der Waals surface area contributed by atoms with Crippen molar-refractivity contribution in [2.75, 3.05) is 19.1 Å². The Bertz CT molecular complexity index is 554. The van der Waals surface area contributed by atoms with E-state index in [-0.39, 0.29) is 27.6 Å². The van der Waals surface area contributed by atoms with Crippen molar-refractivity contribution in [3.63, 3.8) is 0 Å². The average molecular weight is 278 g/mol. The molecule has 0 unspecified atom stereocenters. The van der Waals surface area contributed by atoms with E-state index in [1.807, 2.05) is 0 Å². The van der Waals surface area contributed by atoms with E-state index in [2.05, 4.69) is 4.74 Å². The first-order chi connectivity index (χ1) is 7.76. The Hall–Kier alpha value is -1.27. The second kappa shape index (κ2) is 4.93. The molecule has 0 radical (unpaired) electrons. The molecular weight excluding hydrogens is 266 g/mol. The van der Waals surface area contributed by atoms with Crippen LogP contribution >= 0.6 is 11.6 Å². The Balaban J connectivity index is 3.40. The molecule has 0 saturated heterocycles. The summed E-state index contributed by atoms with van der Waals surface area (Å²) in [7, 11) is -2.09. The summed E-state index contributed by atoms with van der Waals surface area (Å²) >= 11 is 5.78. The van der Waals surface area contributed by atoms with Gasteiger partial charge in [-0.25, -0.2) is 13.2 Å². The number of nitrogens with two attached hydrogens (primary N) is 1. The van der Waals surface area contributed by atoms with Crippen molar-refractivity contribution in [1.82, 2.24) is 0 Å². The lowest BCUT2D eigenvalue weighted by atomic mass is 10.1. The normalized spacial score (nSPS) is 11.2. The quantitative estimate of drug-likeness (QED) is 0.664. The predicted molar refractivity (Wildman–Crippen MR) is 65.8 cm³/mol. The summed E-state index contributed by atoms with van der Waals surface area (Å²) in [6, 6.07) is 2.90. The van der Waals surface area contributed by atoms with Crippen molar-refractivity contribution in [2.24, 2.45) is 0 Å². The Morgan fingerprint density at radius 1 is 1.47 bits per heavy atom. The van der Waals surface area contributed by atoms with Gasteiger partial charge >= 0.3 is 5.97 Å². The van der Waals surface area contributed by atoms with Crippen molar-refractivity contribution in [1.29, 1.82) is 0 Å². The average Bonchev–Trinajstić information content (AvgIpc) is 2.21. The van der Waals surface area contributed by atoms with Crippen LogP contribution in [0.4, 0.5) is 5.69 Å². The van der Waals surface area contributed by atoms with Crippen LogP contribution in [0.5, 0.6) is 0 Å². The molecule has 7 heteroatoms. The molecule has 0 spiro atoms. The highest BCUT2D eigenvalue weighted by molar-refractivity contribution is 7.89. The molecule has 17 heavy (non-hydrogen) atoms. The second-order valence-electron chi connectivity index (χ2n) is 3.56. The zero-order valence-corrected chi connectivity index (χ0v) is 10.9. The number of carbonyl (C=O) groups is 1. The summed E-state index contributed by atoms with van der Waals surface area (Å²) in [6.07, 6.45) is 1.07. The Morgan fingerprint density at radius 2 is 2.06 bits per heavy atom. The van der Waals surface area contributed by atoms with Crippen molar-refractivity contribution in [3.8, 4) is 0 Å². The van der Waals surface area contributed by atoms with Gasteiger partial charge < -0.3 is 10.5 Å². The third-order valence-corrected chi connectivity index (χ3v) is 3.25. The molecule has 0 aliphatic heterocycles. The van der Waals surface area contributed by atoms with Gasteiger partial charge in [0.2, 0.25) is 0 Å². The van der Waals surface area contributed by atoms with Gasteiger partial charge in [-0.3, -0.25) is 0 Å². The number of hydrogen-bond donors (Lipinski definition) is 1. The number of sulfone groups is 1. The van der Waals surface area contributed by atoms with Crippen molar-refractivity contribution in [2.45, 2.75) is 5.75 Å². The lowest BCUT2D eigenvalue weighted by molar-refractivity contribution is 0.0601. The molecule has 1 aromatic carbocycles. The summed E-state index contributed by atoms with van der Waals surface area (Å²) in [5.74, 6) is -0.998. The molecule has 0 aromatic heterocycles. The lowest BCUT2D eigenvalue weighted by Crippen LogP contribution is -2.12. The first-order valence-corrected chi connectivity index (χ1v) is 7.03. The van der Waals surface area contributed by atoms with E-state index in [9.17, 15) is 13.2 Å². The fourth-order valence-electron chi connectivity index (χ4n) is 1.39. The Labute approximate surface area is 104 Å². The number of rotatable bonds is 3. The topological polar surface area (TPSA) is 86.5 Å². The van der Waals surface area contributed by atoms with Crippen LogP contribution in [0.1, 0.15) is 15.9 Å². The molecule has 94 valence electrons. The lowest BCUT2D eigenvalue weighted by Gasteiger charge is -2.11. The van der Waals surface area contributed by atoms with E-state index >= 15 is 0 Å². The van der Waals surface area contributed by atoms with Crippen LogP contribution in [0.2, 0.25) is 5.02 Å². The first kappa shape index (κ1) is 13.8. The molecule has 5 nitrogen and oxygen atoms in total. The summed E-state index contributed by atoms with van der Waals surface area (Å²) in [4.78, 5) is 11.5. The first-order valence-electron chi connectivity index (χ1n) is 4.59. The van der Waals surface area contributed by atoms with Crippen LogP contribution in [-0.2, 0) is 20.3 Å². The van der Waals surface area contributed by atoms with E-state index in [1.54, 1.807) is 0 Å². The third-order valence-electron chi connectivity index (χ3n) is 2.09. The molecule has 2 N–H and O–H groups in total. The number of hydrogen-bond acceptors (Lipinski definition) is 5. The van der Waals surface area contributed by atoms with Gasteiger partial charge in [0.15, 0.2) is 9.84 Å². The van der Waals surface area contributed by atoms with Gasteiger partial charge in [-0.1, -0.05) is 17.7 Å². The number of nitrogen functional groups attached to an aromatic ring is 1. The van der Waals surface area contributed by atoms with E-state index in [4.69, 9.17) is 17.3 Å². The molecule has 0 saturated carbocycles. The fraction of sp³-hybridized carbons (Fsp3) is 0.300.